The van der Waals surface area contributed by atoms with Crippen LogP contribution in [0.15, 0.2) is 42.5 Å². The quantitative estimate of drug-likeness (QED) is 0.901. The van der Waals surface area contributed by atoms with Crippen LogP contribution in [0.1, 0.15) is 12.0 Å². The molecule has 0 saturated carbocycles. The van der Waals surface area contributed by atoms with Crippen molar-refractivity contribution in [2.75, 3.05) is 13.2 Å². The zero-order chi connectivity index (χ0) is 15.6. The van der Waals surface area contributed by atoms with Gasteiger partial charge in [-0.25, -0.2) is 4.79 Å². The summed E-state index contributed by atoms with van der Waals surface area (Å²) in [6, 6.07) is 13.7. The molecule has 22 heavy (non-hydrogen) atoms. The van der Waals surface area contributed by atoms with Gasteiger partial charge in [0.1, 0.15) is 0 Å². The van der Waals surface area contributed by atoms with Crippen molar-refractivity contribution in [2.24, 2.45) is 0 Å². The van der Waals surface area contributed by atoms with Crippen LogP contribution in [-0.2, 0) is 20.7 Å². The maximum atomic E-state index is 12.2. The van der Waals surface area contributed by atoms with Gasteiger partial charge in [-0.15, -0.1) is 0 Å². The van der Waals surface area contributed by atoms with Crippen molar-refractivity contribution in [3.05, 3.63) is 48.0 Å². The monoisotopic (exact) mass is 299 g/mol. The summed E-state index contributed by atoms with van der Waals surface area (Å²) in [6.45, 7) is 0.369. The van der Waals surface area contributed by atoms with E-state index >= 15 is 0 Å². The van der Waals surface area contributed by atoms with E-state index in [0.717, 1.165) is 16.3 Å². The molecule has 1 aliphatic rings. The van der Waals surface area contributed by atoms with E-state index in [-0.39, 0.29) is 18.9 Å². The SMILES string of the molecule is O=C(Cc1ccc2ccccc2c1)NC1(C(=O)O)CCOC1. The highest BCUT2D eigenvalue weighted by atomic mass is 16.5. The van der Waals surface area contributed by atoms with E-state index in [2.05, 4.69) is 5.32 Å². The molecule has 5 heteroatoms. The normalized spacial score (nSPS) is 20.9. The Bertz CT molecular complexity index is 719. The first-order valence-electron chi connectivity index (χ1n) is 7.19. The highest BCUT2D eigenvalue weighted by Crippen LogP contribution is 2.20. The van der Waals surface area contributed by atoms with Crippen LogP contribution >= 0.6 is 0 Å². The molecule has 1 saturated heterocycles. The Morgan fingerprint density at radius 2 is 1.95 bits per heavy atom. The smallest absolute Gasteiger partial charge is 0.331 e. The maximum absolute atomic E-state index is 12.2. The molecule has 0 spiro atoms. The van der Waals surface area contributed by atoms with Gasteiger partial charge in [-0.3, -0.25) is 4.79 Å². The van der Waals surface area contributed by atoms with E-state index in [9.17, 15) is 14.7 Å². The lowest BCUT2D eigenvalue weighted by Crippen LogP contribution is -2.55. The number of carboxylic acid groups (broad SMARTS) is 1. The van der Waals surface area contributed by atoms with Gasteiger partial charge in [0.2, 0.25) is 5.91 Å². The molecule has 2 N–H and O–H groups in total. The molecule has 5 nitrogen and oxygen atoms in total. The van der Waals surface area contributed by atoms with Gasteiger partial charge in [0.05, 0.1) is 13.0 Å². The average Bonchev–Trinajstić information content (AvgIpc) is 2.97. The van der Waals surface area contributed by atoms with Crippen molar-refractivity contribution in [3.8, 4) is 0 Å². The van der Waals surface area contributed by atoms with Gasteiger partial charge in [-0.2, -0.15) is 0 Å². The molecule has 3 rings (SSSR count). The third-order valence-electron chi connectivity index (χ3n) is 3.99. The van der Waals surface area contributed by atoms with Gasteiger partial charge in [0.15, 0.2) is 5.54 Å². The largest absolute Gasteiger partial charge is 0.479 e. The second-order valence-corrected chi connectivity index (χ2v) is 5.60. The summed E-state index contributed by atoms with van der Waals surface area (Å²) in [7, 11) is 0. The fourth-order valence-electron chi connectivity index (χ4n) is 2.73. The van der Waals surface area contributed by atoms with Crippen molar-refractivity contribution in [3.63, 3.8) is 0 Å². The Balaban J connectivity index is 1.74. The number of benzene rings is 2. The van der Waals surface area contributed by atoms with E-state index in [1.807, 2.05) is 42.5 Å². The van der Waals surface area contributed by atoms with Crippen LogP contribution in [0, 0.1) is 0 Å². The molecule has 2 aromatic rings. The number of carbonyl (C=O) groups is 2. The zero-order valence-electron chi connectivity index (χ0n) is 12.0. The molecule has 1 fully saturated rings. The number of carboxylic acids is 1. The van der Waals surface area contributed by atoms with Gasteiger partial charge in [-0.1, -0.05) is 42.5 Å². The first-order valence-corrected chi connectivity index (χ1v) is 7.19. The Morgan fingerprint density at radius 1 is 1.18 bits per heavy atom. The summed E-state index contributed by atoms with van der Waals surface area (Å²) in [4.78, 5) is 23.6. The van der Waals surface area contributed by atoms with Gasteiger partial charge < -0.3 is 15.2 Å². The average molecular weight is 299 g/mol. The summed E-state index contributed by atoms with van der Waals surface area (Å²) in [5.74, 6) is -1.35. The van der Waals surface area contributed by atoms with Crippen molar-refractivity contribution < 1.29 is 19.4 Å². The fourth-order valence-corrected chi connectivity index (χ4v) is 2.73. The summed E-state index contributed by atoms with van der Waals surface area (Å²) in [6.07, 6.45) is 0.450. The molecule has 1 atom stereocenters. The molecule has 1 aliphatic heterocycles. The van der Waals surface area contributed by atoms with Crippen LogP contribution < -0.4 is 5.32 Å². The highest BCUT2D eigenvalue weighted by molar-refractivity contribution is 5.89. The van der Waals surface area contributed by atoms with E-state index < -0.39 is 11.5 Å². The Labute approximate surface area is 127 Å². The van der Waals surface area contributed by atoms with Gasteiger partial charge in [0, 0.05) is 13.0 Å². The number of amides is 1. The van der Waals surface area contributed by atoms with Crippen LogP contribution in [-0.4, -0.2) is 35.7 Å². The first kappa shape index (κ1) is 14.5. The zero-order valence-corrected chi connectivity index (χ0v) is 12.0. The lowest BCUT2D eigenvalue weighted by atomic mass is 9.98. The summed E-state index contributed by atoms with van der Waals surface area (Å²) >= 11 is 0. The number of carbonyl (C=O) groups excluding carboxylic acids is 1. The van der Waals surface area contributed by atoms with Gasteiger partial charge >= 0.3 is 5.97 Å². The molecule has 0 aromatic heterocycles. The molecule has 1 heterocycles. The number of aliphatic carboxylic acids is 1. The second kappa shape index (κ2) is 5.77. The van der Waals surface area contributed by atoms with Crippen molar-refractivity contribution >= 4 is 22.6 Å². The summed E-state index contributed by atoms with van der Waals surface area (Å²) in [5, 5.41) is 14.1. The Morgan fingerprint density at radius 3 is 2.64 bits per heavy atom. The molecule has 0 aliphatic carbocycles. The number of rotatable bonds is 4. The number of hydrogen-bond donors (Lipinski definition) is 2. The van der Waals surface area contributed by atoms with Crippen LogP contribution in [0.3, 0.4) is 0 Å². The number of hydrogen-bond acceptors (Lipinski definition) is 3. The van der Waals surface area contributed by atoms with Crippen LogP contribution in [0.4, 0.5) is 0 Å². The maximum Gasteiger partial charge on any atom is 0.331 e. The summed E-state index contributed by atoms with van der Waals surface area (Å²) in [5.41, 5.74) is -0.427. The number of fused-ring (bicyclic) bond motifs is 1. The van der Waals surface area contributed by atoms with Gasteiger partial charge in [0.25, 0.3) is 0 Å². The minimum atomic E-state index is -1.28. The summed E-state index contributed by atoms with van der Waals surface area (Å²) < 4.78 is 5.13. The predicted molar refractivity (Wildman–Crippen MR) is 81.6 cm³/mol. The van der Waals surface area contributed by atoms with Crippen molar-refractivity contribution in [1.82, 2.24) is 5.32 Å². The molecule has 0 radical (unpaired) electrons. The van der Waals surface area contributed by atoms with Crippen molar-refractivity contribution in [2.45, 2.75) is 18.4 Å². The second-order valence-electron chi connectivity index (χ2n) is 5.60. The molecule has 1 unspecified atom stereocenters. The van der Waals surface area contributed by atoms with E-state index in [1.54, 1.807) is 0 Å². The topological polar surface area (TPSA) is 75.6 Å². The lowest BCUT2D eigenvalue weighted by molar-refractivity contribution is -0.147. The number of nitrogens with one attached hydrogen (secondary N) is 1. The Hall–Kier alpha value is -2.40. The van der Waals surface area contributed by atoms with E-state index in [4.69, 9.17) is 4.74 Å². The third kappa shape index (κ3) is 2.80. The minimum Gasteiger partial charge on any atom is -0.479 e. The number of ether oxygens (including phenoxy) is 1. The lowest BCUT2D eigenvalue weighted by Gasteiger charge is -2.23. The van der Waals surface area contributed by atoms with Crippen LogP contribution in [0.2, 0.25) is 0 Å². The first-order chi connectivity index (χ1) is 10.6. The fraction of sp³-hybridized carbons (Fsp3) is 0.294. The molecule has 114 valence electrons. The van der Waals surface area contributed by atoms with Crippen LogP contribution in [0.25, 0.3) is 10.8 Å². The standard InChI is InChI=1S/C17H17NO4/c19-15(18-17(16(20)21)7-8-22-11-17)10-12-5-6-13-3-1-2-4-14(13)9-12/h1-6,9H,7-8,10-11H2,(H,18,19)(H,20,21). The molecular formula is C17H17NO4. The molecule has 2 aromatic carbocycles. The van der Waals surface area contributed by atoms with E-state index in [1.165, 1.54) is 0 Å². The minimum absolute atomic E-state index is 0.0196. The molecule has 0 bridgehead atoms. The molecule has 1 amide bonds. The predicted octanol–water partition coefficient (Wildman–Crippen LogP) is 1.74. The van der Waals surface area contributed by atoms with Crippen molar-refractivity contribution in [1.29, 1.82) is 0 Å². The van der Waals surface area contributed by atoms with E-state index in [0.29, 0.717) is 13.0 Å². The molecular weight excluding hydrogens is 282 g/mol. The third-order valence-corrected chi connectivity index (χ3v) is 3.99. The Kier molecular flexibility index (Phi) is 3.81. The highest BCUT2D eigenvalue weighted by Gasteiger charge is 2.43. The van der Waals surface area contributed by atoms with Crippen LogP contribution in [0.5, 0.6) is 0 Å². The van der Waals surface area contributed by atoms with Gasteiger partial charge in [-0.05, 0) is 16.3 Å².